The predicted octanol–water partition coefficient (Wildman–Crippen LogP) is 3.75. The average Bonchev–Trinajstić information content (AvgIpc) is 3.38. The van der Waals surface area contributed by atoms with Crippen molar-refractivity contribution in [3.05, 3.63) is 76.7 Å². The molecule has 0 N–H and O–H groups in total. The lowest BCUT2D eigenvalue weighted by molar-refractivity contribution is -0.116. The number of nitrogens with zero attached hydrogens (tertiary/aromatic N) is 5. The van der Waals surface area contributed by atoms with Gasteiger partial charge in [0.25, 0.3) is 0 Å². The molecule has 0 saturated heterocycles. The van der Waals surface area contributed by atoms with Crippen LogP contribution in [0.1, 0.15) is 10.6 Å². The highest BCUT2D eigenvalue weighted by Crippen LogP contribution is 2.25. The number of carbonyl (C=O) groups is 1. The Kier molecular flexibility index (Phi) is 5.89. The second-order valence-corrected chi connectivity index (χ2v) is 7.94. The topological polar surface area (TPSA) is 73.6 Å². The summed E-state index contributed by atoms with van der Waals surface area (Å²) in [5.74, 6) is 1.21. The van der Waals surface area contributed by atoms with Crippen molar-refractivity contribution < 1.29 is 4.79 Å². The molecule has 0 atom stereocenters. The van der Waals surface area contributed by atoms with E-state index in [-0.39, 0.29) is 5.78 Å². The minimum Gasteiger partial charge on any atom is -0.298 e. The zero-order valence-corrected chi connectivity index (χ0v) is 16.6. The van der Waals surface area contributed by atoms with E-state index in [9.17, 15) is 4.79 Å². The quantitative estimate of drug-likeness (QED) is 0.414. The summed E-state index contributed by atoms with van der Waals surface area (Å²) in [6.07, 6.45) is 0.302. The first-order chi connectivity index (χ1) is 13.8. The van der Waals surface area contributed by atoms with E-state index in [1.807, 2.05) is 48.5 Å². The van der Waals surface area contributed by atoms with Crippen molar-refractivity contribution in [3.63, 3.8) is 0 Å². The first-order valence-electron chi connectivity index (χ1n) is 8.71. The summed E-state index contributed by atoms with van der Waals surface area (Å²) in [5, 5.41) is 17.9. The molecule has 0 bridgehead atoms. The molecular weight excluding hydrogens is 390 g/mol. The zero-order valence-electron chi connectivity index (χ0n) is 14.9. The first kappa shape index (κ1) is 18.5. The van der Waals surface area contributed by atoms with Crippen LogP contribution in [0.25, 0.3) is 11.4 Å². The molecule has 0 aliphatic heterocycles. The van der Waals surface area contributed by atoms with Crippen molar-refractivity contribution in [1.29, 1.82) is 0 Å². The summed E-state index contributed by atoms with van der Waals surface area (Å²) in [4.78, 5) is 12.3. The van der Waals surface area contributed by atoms with Crippen molar-refractivity contribution in [3.8, 4) is 11.4 Å². The van der Waals surface area contributed by atoms with E-state index < -0.39 is 0 Å². The second kappa shape index (κ2) is 8.90. The van der Waals surface area contributed by atoms with Gasteiger partial charge >= 0.3 is 0 Å². The van der Waals surface area contributed by atoms with Gasteiger partial charge < -0.3 is 0 Å². The van der Waals surface area contributed by atoms with Crippen molar-refractivity contribution in [2.24, 2.45) is 0 Å². The maximum atomic E-state index is 12.3. The Hall–Kier alpha value is -2.84. The Balaban J connectivity index is 1.56. The number of hydrogen-bond acceptors (Lipinski definition) is 7. The normalized spacial score (nSPS) is 10.9. The van der Waals surface area contributed by atoms with Gasteiger partial charge in [0, 0.05) is 5.56 Å². The summed E-state index contributed by atoms with van der Waals surface area (Å²) in [6, 6.07) is 20.1. The molecule has 0 fully saturated rings. The fourth-order valence-corrected chi connectivity index (χ4v) is 4.09. The molecule has 0 radical (unpaired) electrons. The lowest BCUT2D eigenvalue weighted by Gasteiger charge is -2.10. The number of ketones is 1. The van der Waals surface area contributed by atoms with Crippen LogP contribution in [0.3, 0.4) is 0 Å². The van der Waals surface area contributed by atoms with Crippen molar-refractivity contribution in [2.75, 3.05) is 5.75 Å². The number of aromatic nitrogens is 5. The Labute approximate surface area is 170 Å². The minimum atomic E-state index is 0.0947. The smallest absolute Gasteiger partial charge is 0.192 e. The van der Waals surface area contributed by atoms with Gasteiger partial charge in [0.2, 0.25) is 0 Å². The van der Waals surface area contributed by atoms with E-state index in [4.69, 9.17) is 0 Å². The summed E-state index contributed by atoms with van der Waals surface area (Å²) < 4.78 is 2.06. The van der Waals surface area contributed by atoms with Gasteiger partial charge in [-0.2, -0.15) is 0 Å². The maximum Gasteiger partial charge on any atom is 0.192 e. The molecule has 0 spiro atoms. The molecule has 2 aromatic carbocycles. The summed E-state index contributed by atoms with van der Waals surface area (Å²) in [5.41, 5.74) is 3.79. The first-order valence-corrected chi connectivity index (χ1v) is 10.6. The molecule has 0 unspecified atom stereocenters. The molecule has 4 aromatic rings. The highest BCUT2D eigenvalue weighted by Gasteiger charge is 2.16. The lowest BCUT2D eigenvalue weighted by atomic mass is 10.2. The van der Waals surface area contributed by atoms with E-state index >= 15 is 0 Å². The Morgan fingerprint density at radius 3 is 2.43 bits per heavy atom. The summed E-state index contributed by atoms with van der Waals surface area (Å²) in [7, 11) is 0. The van der Waals surface area contributed by atoms with Gasteiger partial charge in [-0.05, 0) is 5.56 Å². The Morgan fingerprint density at radius 2 is 1.71 bits per heavy atom. The summed E-state index contributed by atoms with van der Waals surface area (Å²) >= 11 is 2.80. The van der Waals surface area contributed by atoms with Crippen LogP contribution >= 0.6 is 23.1 Å². The second-order valence-electron chi connectivity index (χ2n) is 6.08. The molecule has 28 heavy (non-hydrogen) atoms. The fraction of sp³-hybridized carbons (Fsp3) is 0.150. The average molecular weight is 408 g/mol. The van der Waals surface area contributed by atoms with E-state index in [1.54, 1.807) is 5.51 Å². The van der Waals surface area contributed by atoms with E-state index in [0.717, 1.165) is 27.1 Å². The van der Waals surface area contributed by atoms with Crippen molar-refractivity contribution >= 4 is 28.9 Å². The van der Waals surface area contributed by atoms with Crippen LogP contribution < -0.4 is 0 Å². The van der Waals surface area contributed by atoms with Crippen LogP contribution in [0.4, 0.5) is 0 Å². The van der Waals surface area contributed by atoms with Crippen LogP contribution in [-0.2, 0) is 17.8 Å². The molecule has 0 amide bonds. The maximum absolute atomic E-state index is 12.3. The molecule has 140 valence electrons. The molecule has 6 nitrogen and oxygen atoms in total. The van der Waals surface area contributed by atoms with Crippen LogP contribution in [0, 0.1) is 0 Å². The number of benzene rings is 2. The largest absolute Gasteiger partial charge is 0.298 e. The van der Waals surface area contributed by atoms with Gasteiger partial charge in [-0.15, -0.1) is 31.7 Å². The molecule has 0 aliphatic carbocycles. The number of carbonyl (C=O) groups excluding carboxylic acids is 1. The van der Waals surface area contributed by atoms with E-state index in [0.29, 0.717) is 18.7 Å². The van der Waals surface area contributed by atoms with Crippen molar-refractivity contribution in [2.45, 2.75) is 18.1 Å². The molecule has 2 aromatic heterocycles. The van der Waals surface area contributed by atoms with Gasteiger partial charge in [-0.3, -0.25) is 9.36 Å². The molecular formula is C20H17N5OS2. The van der Waals surface area contributed by atoms with Gasteiger partial charge in [0.1, 0.15) is 16.3 Å². The molecule has 4 rings (SSSR count). The lowest BCUT2D eigenvalue weighted by Crippen LogP contribution is -2.08. The van der Waals surface area contributed by atoms with Crippen LogP contribution in [0.2, 0.25) is 0 Å². The molecule has 2 heterocycles. The van der Waals surface area contributed by atoms with Crippen LogP contribution in [-0.4, -0.2) is 36.5 Å². The van der Waals surface area contributed by atoms with Gasteiger partial charge in [-0.1, -0.05) is 72.4 Å². The van der Waals surface area contributed by atoms with Crippen LogP contribution in [0.15, 0.2) is 71.3 Å². The number of rotatable bonds is 8. The third-order valence-corrected chi connectivity index (χ3v) is 5.77. The Morgan fingerprint density at radius 1 is 0.964 bits per heavy atom. The predicted molar refractivity (Wildman–Crippen MR) is 110 cm³/mol. The minimum absolute atomic E-state index is 0.0947. The number of hydrogen-bond donors (Lipinski definition) is 0. The third-order valence-electron chi connectivity index (χ3n) is 4.05. The van der Waals surface area contributed by atoms with Crippen LogP contribution in [0.5, 0.6) is 0 Å². The fourth-order valence-electron chi connectivity index (χ4n) is 2.74. The standard InChI is InChI=1S/C20H17N5OS2/c26-17(11-18-22-21-14-28-18)13-27-20-24-23-19(16-9-5-2-6-10-16)25(20)12-15-7-3-1-4-8-15/h1-10,14H,11-13H2. The number of Topliss-reactive ketones (excluding diaryl/α,β-unsaturated/α-hetero) is 1. The van der Waals surface area contributed by atoms with Gasteiger partial charge in [0.15, 0.2) is 11.0 Å². The third kappa shape index (κ3) is 4.52. The SMILES string of the molecule is O=C(CSc1nnc(-c2ccccc2)n1Cc1ccccc1)Cc1nncs1. The molecule has 0 saturated carbocycles. The van der Waals surface area contributed by atoms with Crippen molar-refractivity contribution in [1.82, 2.24) is 25.0 Å². The van der Waals surface area contributed by atoms with E-state index in [1.165, 1.54) is 23.1 Å². The number of thioether (sulfide) groups is 1. The van der Waals surface area contributed by atoms with Gasteiger partial charge in [0.05, 0.1) is 18.7 Å². The van der Waals surface area contributed by atoms with Gasteiger partial charge in [-0.25, -0.2) is 0 Å². The van der Waals surface area contributed by atoms with E-state index in [2.05, 4.69) is 37.1 Å². The molecule has 0 aliphatic rings. The zero-order chi connectivity index (χ0) is 19.2. The highest BCUT2D eigenvalue weighted by molar-refractivity contribution is 7.99. The highest BCUT2D eigenvalue weighted by atomic mass is 32.2. The Bertz CT molecular complexity index is 1030. The summed E-state index contributed by atoms with van der Waals surface area (Å²) in [6.45, 7) is 0.644. The monoisotopic (exact) mass is 407 g/mol. The molecule has 8 heteroatoms.